The number of benzene rings is 2. The molecule has 2 aromatic carbocycles. The number of ketones is 1. The lowest BCUT2D eigenvalue weighted by Crippen LogP contribution is -2.34. The third-order valence-electron chi connectivity index (χ3n) is 3.39. The maximum absolute atomic E-state index is 13.2. The molecule has 3 heteroatoms. The third-order valence-corrected chi connectivity index (χ3v) is 3.39. The zero-order valence-electron chi connectivity index (χ0n) is 11.5. The lowest BCUT2D eigenvalue weighted by Gasteiger charge is -2.12. The molecule has 0 spiro atoms. The molecule has 20 heavy (non-hydrogen) atoms. The summed E-state index contributed by atoms with van der Waals surface area (Å²) in [6, 6.07) is 13.6. The van der Waals surface area contributed by atoms with Crippen molar-refractivity contribution in [1.29, 1.82) is 0 Å². The summed E-state index contributed by atoms with van der Waals surface area (Å²) < 4.78 is 13.2. The van der Waals surface area contributed by atoms with Crippen LogP contribution in [0, 0.1) is 12.7 Å². The van der Waals surface area contributed by atoms with Crippen LogP contribution in [0.2, 0.25) is 0 Å². The molecule has 0 aliphatic carbocycles. The molecule has 2 N–H and O–H groups in total. The molecule has 1 unspecified atom stereocenters. The van der Waals surface area contributed by atoms with Crippen molar-refractivity contribution in [2.45, 2.75) is 25.8 Å². The monoisotopic (exact) mass is 271 g/mol. The molecule has 2 nitrogen and oxygen atoms in total. The van der Waals surface area contributed by atoms with E-state index in [4.69, 9.17) is 5.73 Å². The number of hydrogen-bond acceptors (Lipinski definition) is 2. The molecule has 0 heterocycles. The van der Waals surface area contributed by atoms with E-state index in [1.54, 1.807) is 6.07 Å². The van der Waals surface area contributed by atoms with Crippen LogP contribution in [-0.4, -0.2) is 11.8 Å². The molecule has 104 valence electrons. The van der Waals surface area contributed by atoms with Crippen LogP contribution in [0.4, 0.5) is 4.39 Å². The highest BCUT2D eigenvalue weighted by molar-refractivity contribution is 5.86. The van der Waals surface area contributed by atoms with Crippen molar-refractivity contribution < 1.29 is 9.18 Å². The van der Waals surface area contributed by atoms with Crippen LogP contribution < -0.4 is 5.73 Å². The number of Topliss-reactive ketones (excluding diaryl/α,β-unsaturated/α-hetero) is 1. The van der Waals surface area contributed by atoms with Crippen LogP contribution in [0.15, 0.2) is 48.5 Å². The molecule has 0 aromatic heterocycles. The third kappa shape index (κ3) is 3.75. The first-order chi connectivity index (χ1) is 9.56. The molecule has 0 saturated heterocycles. The van der Waals surface area contributed by atoms with Gasteiger partial charge in [-0.25, -0.2) is 4.39 Å². The van der Waals surface area contributed by atoms with E-state index in [1.807, 2.05) is 37.3 Å². The van der Waals surface area contributed by atoms with E-state index in [9.17, 15) is 9.18 Å². The van der Waals surface area contributed by atoms with E-state index in [0.29, 0.717) is 12.0 Å². The fourth-order valence-electron chi connectivity index (χ4n) is 2.13. The van der Waals surface area contributed by atoms with Gasteiger partial charge in [0.05, 0.1) is 6.04 Å². The predicted molar refractivity (Wildman–Crippen MR) is 78.0 cm³/mol. The Morgan fingerprint density at radius 2 is 1.90 bits per heavy atom. The van der Waals surface area contributed by atoms with E-state index in [1.165, 1.54) is 12.1 Å². The molecule has 0 fully saturated rings. The van der Waals surface area contributed by atoms with Crippen molar-refractivity contribution in [3.05, 3.63) is 71.0 Å². The van der Waals surface area contributed by atoms with Gasteiger partial charge in [0.1, 0.15) is 5.82 Å². The lowest BCUT2D eigenvalue weighted by molar-refractivity contribution is -0.119. The van der Waals surface area contributed by atoms with Crippen molar-refractivity contribution in [3.63, 3.8) is 0 Å². The average molecular weight is 271 g/mol. The Balaban J connectivity index is 2.02. The molecular formula is C17H18FNO. The summed E-state index contributed by atoms with van der Waals surface area (Å²) in [5, 5.41) is 0. The number of rotatable bonds is 5. The Hall–Kier alpha value is -2.00. The van der Waals surface area contributed by atoms with Crippen LogP contribution in [0.1, 0.15) is 16.7 Å². The van der Waals surface area contributed by atoms with Crippen LogP contribution in [0.5, 0.6) is 0 Å². The Bertz CT molecular complexity index is 595. The number of aryl methyl sites for hydroxylation is 1. The highest BCUT2D eigenvalue weighted by Crippen LogP contribution is 2.12. The Labute approximate surface area is 118 Å². The summed E-state index contributed by atoms with van der Waals surface area (Å²) in [4.78, 5) is 12.1. The summed E-state index contributed by atoms with van der Waals surface area (Å²) >= 11 is 0. The van der Waals surface area contributed by atoms with Crippen LogP contribution in [0.25, 0.3) is 0 Å². The molecule has 2 rings (SSSR count). The quantitative estimate of drug-likeness (QED) is 0.908. The summed E-state index contributed by atoms with van der Waals surface area (Å²) in [5.41, 5.74) is 8.59. The largest absolute Gasteiger partial charge is 0.321 e. The van der Waals surface area contributed by atoms with E-state index in [-0.39, 0.29) is 18.0 Å². The maximum atomic E-state index is 13.2. The van der Waals surface area contributed by atoms with Gasteiger partial charge in [-0.1, -0.05) is 36.4 Å². The van der Waals surface area contributed by atoms with Gasteiger partial charge in [0.2, 0.25) is 0 Å². The van der Waals surface area contributed by atoms with Crippen LogP contribution >= 0.6 is 0 Å². The molecule has 0 saturated carbocycles. The van der Waals surface area contributed by atoms with E-state index < -0.39 is 6.04 Å². The topological polar surface area (TPSA) is 43.1 Å². The van der Waals surface area contributed by atoms with Gasteiger partial charge >= 0.3 is 0 Å². The fourth-order valence-corrected chi connectivity index (χ4v) is 2.13. The van der Waals surface area contributed by atoms with Crippen LogP contribution in [-0.2, 0) is 17.6 Å². The van der Waals surface area contributed by atoms with Gasteiger partial charge in [-0.15, -0.1) is 0 Å². The first-order valence-corrected chi connectivity index (χ1v) is 6.63. The summed E-state index contributed by atoms with van der Waals surface area (Å²) in [6.07, 6.45) is 0.686. The molecule has 2 aromatic rings. The second kappa shape index (κ2) is 6.44. The first-order valence-electron chi connectivity index (χ1n) is 6.63. The van der Waals surface area contributed by atoms with Gasteiger partial charge < -0.3 is 5.73 Å². The van der Waals surface area contributed by atoms with Crippen molar-refractivity contribution in [1.82, 2.24) is 0 Å². The molecule has 1 atom stereocenters. The average Bonchev–Trinajstić information content (AvgIpc) is 2.44. The SMILES string of the molecule is Cc1ccc(F)cc1CC(=O)C(N)Cc1ccccc1. The summed E-state index contributed by atoms with van der Waals surface area (Å²) in [6.45, 7) is 1.87. The molecule has 0 radical (unpaired) electrons. The van der Waals surface area contributed by atoms with E-state index in [0.717, 1.165) is 11.1 Å². The Morgan fingerprint density at radius 1 is 1.20 bits per heavy atom. The summed E-state index contributed by atoms with van der Waals surface area (Å²) in [5.74, 6) is -0.391. The highest BCUT2D eigenvalue weighted by Gasteiger charge is 2.15. The Kier molecular flexibility index (Phi) is 4.64. The van der Waals surface area contributed by atoms with Gasteiger partial charge in [-0.3, -0.25) is 4.79 Å². The van der Waals surface area contributed by atoms with Gasteiger partial charge in [0.25, 0.3) is 0 Å². The zero-order valence-corrected chi connectivity index (χ0v) is 11.5. The zero-order chi connectivity index (χ0) is 14.5. The molecular weight excluding hydrogens is 253 g/mol. The maximum Gasteiger partial charge on any atom is 0.154 e. The second-order valence-electron chi connectivity index (χ2n) is 5.01. The normalized spacial score (nSPS) is 12.2. The minimum atomic E-state index is -0.555. The van der Waals surface area contributed by atoms with Crippen molar-refractivity contribution in [3.8, 4) is 0 Å². The summed E-state index contributed by atoms with van der Waals surface area (Å²) in [7, 11) is 0. The van der Waals surface area contributed by atoms with Gasteiger partial charge in [0.15, 0.2) is 5.78 Å². The first kappa shape index (κ1) is 14.4. The Morgan fingerprint density at radius 3 is 2.60 bits per heavy atom. The van der Waals surface area contributed by atoms with Crippen molar-refractivity contribution >= 4 is 5.78 Å². The van der Waals surface area contributed by atoms with Gasteiger partial charge in [-0.2, -0.15) is 0 Å². The predicted octanol–water partition coefficient (Wildman–Crippen LogP) is 2.82. The second-order valence-corrected chi connectivity index (χ2v) is 5.01. The number of carbonyl (C=O) groups excluding carboxylic acids is 1. The molecule has 0 aliphatic heterocycles. The minimum absolute atomic E-state index is 0.0671. The molecule has 0 bridgehead atoms. The molecule has 0 aliphatic rings. The van der Waals surface area contributed by atoms with Crippen molar-refractivity contribution in [2.75, 3.05) is 0 Å². The van der Waals surface area contributed by atoms with Gasteiger partial charge in [0, 0.05) is 6.42 Å². The number of hydrogen-bond donors (Lipinski definition) is 1. The number of nitrogens with two attached hydrogens (primary N) is 1. The standard InChI is InChI=1S/C17H18FNO/c1-12-7-8-15(18)10-14(12)11-17(20)16(19)9-13-5-3-2-4-6-13/h2-8,10,16H,9,11,19H2,1H3. The van der Waals surface area contributed by atoms with Gasteiger partial charge in [-0.05, 0) is 42.2 Å². The highest BCUT2D eigenvalue weighted by atomic mass is 19.1. The van der Waals surface area contributed by atoms with E-state index >= 15 is 0 Å². The minimum Gasteiger partial charge on any atom is -0.321 e. The fraction of sp³-hybridized carbons (Fsp3) is 0.235. The van der Waals surface area contributed by atoms with Crippen LogP contribution in [0.3, 0.4) is 0 Å². The molecule has 0 amide bonds. The number of carbonyl (C=O) groups is 1. The lowest BCUT2D eigenvalue weighted by atomic mass is 9.96. The van der Waals surface area contributed by atoms with Crippen molar-refractivity contribution in [2.24, 2.45) is 5.73 Å². The number of halogens is 1. The smallest absolute Gasteiger partial charge is 0.154 e. The van der Waals surface area contributed by atoms with E-state index in [2.05, 4.69) is 0 Å².